The summed E-state index contributed by atoms with van der Waals surface area (Å²) in [6.07, 6.45) is -2.63. The normalized spacial score (nSPS) is 19.2. The first-order valence-corrected chi connectivity index (χ1v) is 9.60. The molecule has 4 rings (SSSR count). The Morgan fingerprint density at radius 1 is 1.07 bits per heavy atom. The molecule has 2 saturated heterocycles. The lowest BCUT2D eigenvalue weighted by Crippen LogP contribution is -2.59. The highest BCUT2D eigenvalue weighted by molar-refractivity contribution is 5.95. The fourth-order valence-corrected chi connectivity index (χ4v) is 3.93. The molecule has 1 spiro atoms. The van der Waals surface area contributed by atoms with E-state index in [0.29, 0.717) is 19.4 Å². The molecule has 6 nitrogen and oxygen atoms in total. The van der Waals surface area contributed by atoms with Crippen molar-refractivity contribution in [2.75, 3.05) is 31.1 Å². The van der Waals surface area contributed by atoms with Crippen LogP contribution in [-0.2, 0) is 15.7 Å². The highest BCUT2D eigenvalue weighted by atomic mass is 19.4. The van der Waals surface area contributed by atoms with Gasteiger partial charge >= 0.3 is 6.18 Å². The number of para-hydroxylation sites is 1. The summed E-state index contributed by atoms with van der Waals surface area (Å²) >= 11 is 0. The van der Waals surface area contributed by atoms with E-state index in [4.69, 9.17) is 4.74 Å². The minimum absolute atomic E-state index is 0.0682. The van der Waals surface area contributed by atoms with Crippen molar-refractivity contribution in [2.24, 2.45) is 0 Å². The Balaban J connectivity index is 1.48. The molecule has 3 heterocycles. The highest BCUT2D eigenvalue weighted by Crippen LogP contribution is 2.35. The molecule has 0 N–H and O–H groups in total. The van der Waals surface area contributed by atoms with Crippen molar-refractivity contribution in [3.05, 3.63) is 59.9 Å². The van der Waals surface area contributed by atoms with Crippen LogP contribution in [0.25, 0.3) is 0 Å². The molecule has 2 aromatic rings. The standard InChI is InChI=1S/C21H20F3N3O3/c22-21(23,24)16-7-4-10-25-18(16)19(29)26-11-8-20(9-12-26)14-27(17(28)13-30-20)15-5-2-1-3-6-15/h1-7,10H,8-9,11-14H2. The summed E-state index contributed by atoms with van der Waals surface area (Å²) in [7, 11) is 0. The number of likely N-dealkylation sites (tertiary alicyclic amines) is 1. The van der Waals surface area contributed by atoms with Gasteiger partial charge in [-0.25, -0.2) is 0 Å². The van der Waals surface area contributed by atoms with Crippen LogP contribution >= 0.6 is 0 Å². The molecule has 0 atom stereocenters. The molecular weight excluding hydrogens is 399 g/mol. The number of morpholine rings is 1. The Morgan fingerprint density at radius 3 is 2.43 bits per heavy atom. The number of ether oxygens (including phenoxy) is 1. The van der Waals surface area contributed by atoms with Crippen molar-refractivity contribution in [2.45, 2.75) is 24.6 Å². The molecular formula is C21H20F3N3O3. The van der Waals surface area contributed by atoms with E-state index in [1.54, 1.807) is 4.90 Å². The molecule has 2 aliphatic heterocycles. The number of aromatic nitrogens is 1. The van der Waals surface area contributed by atoms with E-state index in [9.17, 15) is 22.8 Å². The summed E-state index contributed by atoms with van der Waals surface area (Å²) in [6, 6.07) is 11.3. The Bertz CT molecular complexity index is 941. The number of carbonyl (C=O) groups excluding carboxylic acids is 2. The summed E-state index contributed by atoms with van der Waals surface area (Å²) in [5.41, 5.74) is -1.49. The van der Waals surface area contributed by atoms with Gasteiger partial charge < -0.3 is 14.5 Å². The van der Waals surface area contributed by atoms with E-state index in [-0.39, 0.29) is 25.6 Å². The molecule has 2 fully saturated rings. The number of carbonyl (C=O) groups is 2. The average Bonchev–Trinajstić information content (AvgIpc) is 2.76. The van der Waals surface area contributed by atoms with Crippen molar-refractivity contribution in [3.63, 3.8) is 0 Å². The zero-order chi connectivity index (χ0) is 21.4. The molecule has 9 heteroatoms. The molecule has 0 saturated carbocycles. The predicted octanol–water partition coefficient (Wildman–Crippen LogP) is 3.14. The van der Waals surface area contributed by atoms with Crippen LogP contribution in [0.4, 0.5) is 18.9 Å². The molecule has 0 radical (unpaired) electrons. The molecule has 2 aliphatic rings. The number of benzene rings is 1. The largest absolute Gasteiger partial charge is 0.418 e. The van der Waals surface area contributed by atoms with Gasteiger partial charge in [-0.3, -0.25) is 14.6 Å². The third-order valence-electron chi connectivity index (χ3n) is 5.59. The topological polar surface area (TPSA) is 62.7 Å². The van der Waals surface area contributed by atoms with Crippen LogP contribution in [-0.4, -0.2) is 53.5 Å². The summed E-state index contributed by atoms with van der Waals surface area (Å²) in [5.74, 6) is -0.891. The molecule has 1 aromatic heterocycles. The molecule has 1 aromatic carbocycles. The van der Waals surface area contributed by atoms with Crippen LogP contribution in [0.15, 0.2) is 48.7 Å². The third-order valence-corrected chi connectivity index (χ3v) is 5.59. The smallest absolute Gasteiger partial charge is 0.363 e. The molecule has 0 unspecified atom stereocenters. The summed E-state index contributed by atoms with van der Waals surface area (Å²) in [6.45, 7) is 0.726. The maximum atomic E-state index is 13.2. The second kappa shape index (κ2) is 7.71. The Labute approximate surface area is 171 Å². The average molecular weight is 419 g/mol. The zero-order valence-electron chi connectivity index (χ0n) is 16.1. The number of rotatable bonds is 2. The van der Waals surface area contributed by atoms with E-state index in [1.807, 2.05) is 30.3 Å². The minimum atomic E-state index is -4.65. The fourth-order valence-electron chi connectivity index (χ4n) is 3.93. The SMILES string of the molecule is O=C(c1ncccc1C(F)(F)F)N1CCC2(CC1)CN(c1ccccc1)C(=O)CO2. The molecule has 0 bridgehead atoms. The second-order valence-corrected chi connectivity index (χ2v) is 7.48. The lowest BCUT2D eigenvalue weighted by molar-refractivity contribution is -0.144. The van der Waals surface area contributed by atoms with Crippen molar-refractivity contribution >= 4 is 17.5 Å². The van der Waals surface area contributed by atoms with E-state index < -0.39 is 28.9 Å². The first-order valence-electron chi connectivity index (χ1n) is 9.60. The van der Waals surface area contributed by atoms with Gasteiger partial charge in [0.05, 0.1) is 17.7 Å². The number of hydrogen-bond acceptors (Lipinski definition) is 4. The van der Waals surface area contributed by atoms with Gasteiger partial charge in [0.15, 0.2) is 0 Å². The van der Waals surface area contributed by atoms with Gasteiger partial charge in [-0.1, -0.05) is 18.2 Å². The minimum Gasteiger partial charge on any atom is -0.363 e. The van der Waals surface area contributed by atoms with Gasteiger partial charge in [0.2, 0.25) is 0 Å². The van der Waals surface area contributed by atoms with Crippen LogP contribution in [0, 0.1) is 0 Å². The second-order valence-electron chi connectivity index (χ2n) is 7.48. The fraction of sp³-hybridized carbons (Fsp3) is 0.381. The van der Waals surface area contributed by atoms with Gasteiger partial charge in [0.1, 0.15) is 12.3 Å². The number of piperidine rings is 1. The van der Waals surface area contributed by atoms with Crippen molar-refractivity contribution in [1.82, 2.24) is 9.88 Å². The Kier molecular flexibility index (Phi) is 5.23. The number of pyridine rings is 1. The van der Waals surface area contributed by atoms with Crippen LogP contribution in [0.3, 0.4) is 0 Å². The van der Waals surface area contributed by atoms with Crippen LogP contribution < -0.4 is 4.90 Å². The van der Waals surface area contributed by atoms with E-state index in [0.717, 1.165) is 17.8 Å². The van der Waals surface area contributed by atoms with Gasteiger partial charge in [-0.2, -0.15) is 13.2 Å². The van der Waals surface area contributed by atoms with E-state index in [1.165, 1.54) is 11.1 Å². The lowest BCUT2D eigenvalue weighted by atomic mass is 9.88. The summed E-state index contributed by atoms with van der Waals surface area (Å²) in [5, 5.41) is 0. The molecule has 30 heavy (non-hydrogen) atoms. The number of nitrogens with zero attached hydrogens (tertiary/aromatic N) is 3. The number of halogens is 3. The number of hydrogen-bond donors (Lipinski definition) is 0. The predicted molar refractivity (Wildman–Crippen MR) is 102 cm³/mol. The third kappa shape index (κ3) is 3.89. The summed E-state index contributed by atoms with van der Waals surface area (Å²) in [4.78, 5) is 31.8. The highest BCUT2D eigenvalue weighted by Gasteiger charge is 2.44. The Morgan fingerprint density at radius 2 is 1.77 bits per heavy atom. The van der Waals surface area contributed by atoms with Gasteiger partial charge in [0.25, 0.3) is 11.8 Å². The summed E-state index contributed by atoms with van der Waals surface area (Å²) < 4.78 is 45.6. The molecule has 2 amide bonds. The van der Waals surface area contributed by atoms with Crippen molar-refractivity contribution < 1.29 is 27.5 Å². The lowest BCUT2D eigenvalue weighted by Gasteiger charge is -2.47. The number of alkyl halides is 3. The maximum Gasteiger partial charge on any atom is 0.418 e. The molecule has 0 aliphatic carbocycles. The zero-order valence-corrected chi connectivity index (χ0v) is 16.1. The number of amides is 2. The Hall–Kier alpha value is -2.94. The first kappa shape index (κ1) is 20.3. The van der Waals surface area contributed by atoms with Gasteiger partial charge in [-0.05, 0) is 37.1 Å². The van der Waals surface area contributed by atoms with Crippen molar-refractivity contribution in [3.8, 4) is 0 Å². The maximum absolute atomic E-state index is 13.2. The van der Waals surface area contributed by atoms with Gasteiger partial charge in [-0.15, -0.1) is 0 Å². The van der Waals surface area contributed by atoms with Gasteiger partial charge in [0, 0.05) is 25.0 Å². The monoisotopic (exact) mass is 419 g/mol. The van der Waals surface area contributed by atoms with E-state index >= 15 is 0 Å². The first-order chi connectivity index (χ1) is 14.3. The van der Waals surface area contributed by atoms with E-state index in [2.05, 4.69) is 4.98 Å². The van der Waals surface area contributed by atoms with Crippen LogP contribution in [0.2, 0.25) is 0 Å². The number of anilines is 1. The van der Waals surface area contributed by atoms with Crippen molar-refractivity contribution in [1.29, 1.82) is 0 Å². The molecule has 158 valence electrons. The van der Waals surface area contributed by atoms with Crippen LogP contribution in [0.5, 0.6) is 0 Å². The quantitative estimate of drug-likeness (QED) is 0.751. The van der Waals surface area contributed by atoms with Crippen LogP contribution in [0.1, 0.15) is 28.9 Å².